The number of non-ortho nitro benzene ring substituents is 1. The zero-order valence-electron chi connectivity index (χ0n) is 17.1. The number of hydrogen-bond acceptors (Lipinski definition) is 7. The van der Waals surface area contributed by atoms with Gasteiger partial charge in [0.1, 0.15) is 0 Å². The molecule has 0 radical (unpaired) electrons. The second kappa shape index (κ2) is 9.69. The predicted molar refractivity (Wildman–Crippen MR) is 111 cm³/mol. The van der Waals surface area contributed by atoms with E-state index in [1.807, 2.05) is 0 Å². The Morgan fingerprint density at radius 2 is 1.94 bits per heavy atom. The Morgan fingerprint density at radius 3 is 2.66 bits per heavy atom. The van der Waals surface area contributed by atoms with Crippen molar-refractivity contribution >= 4 is 35.1 Å². The molecule has 0 bridgehead atoms. The maximum atomic E-state index is 12.4. The quantitative estimate of drug-likeness (QED) is 0.377. The molecule has 11 heteroatoms. The number of carbonyl (C=O) groups excluding carboxylic acids is 4. The van der Waals surface area contributed by atoms with Crippen LogP contribution in [0.2, 0.25) is 0 Å². The van der Waals surface area contributed by atoms with Gasteiger partial charge in [-0.3, -0.25) is 39.7 Å². The van der Waals surface area contributed by atoms with Gasteiger partial charge in [0.05, 0.1) is 17.4 Å². The number of ether oxygens (including phenoxy) is 1. The monoisotopic (exact) mass is 440 g/mol. The number of anilines is 1. The highest BCUT2D eigenvalue weighted by Crippen LogP contribution is 2.19. The Bertz CT molecular complexity index is 1090. The minimum atomic E-state index is -0.842. The maximum Gasteiger partial charge on any atom is 0.311 e. The number of esters is 1. The van der Waals surface area contributed by atoms with Crippen LogP contribution >= 0.6 is 0 Å². The summed E-state index contributed by atoms with van der Waals surface area (Å²) in [5, 5.41) is 14.2. The van der Waals surface area contributed by atoms with Crippen molar-refractivity contribution in [3.05, 3.63) is 69.8 Å². The van der Waals surface area contributed by atoms with E-state index in [0.29, 0.717) is 5.56 Å². The first-order chi connectivity index (χ1) is 15.2. The lowest BCUT2D eigenvalue weighted by molar-refractivity contribution is -0.384. The summed E-state index contributed by atoms with van der Waals surface area (Å²) in [5.74, 6) is -3.21. The first-order valence-corrected chi connectivity index (χ1v) is 9.62. The normalized spacial score (nSPS) is 15.2. The van der Waals surface area contributed by atoms with E-state index in [0.717, 1.165) is 10.6 Å². The number of amides is 3. The standard InChI is InChI=1S/C21H20N4O7/c1-13-5-2-3-8-17(13)20(28)23-24-11-14(9-19(24)27)21(29)32-12-18(26)22-15-6-4-7-16(10-15)25(30)31/h2-8,10,14H,9,11-12H2,1H3,(H,22,26)(H,23,28)/t14-/m1/s1. The molecule has 0 aliphatic carbocycles. The van der Waals surface area contributed by atoms with Crippen LogP contribution in [0.4, 0.5) is 11.4 Å². The van der Waals surface area contributed by atoms with Crippen molar-refractivity contribution in [3.63, 3.8) is 0 Å². The van der Waals surface area contributed by atoms with Crippen molar-refractivity contribution < 1.29 is 28.8 Å². The molecular weight excluding hydrogens is 420 g/mol. The Labute approximate surface area is 182 Å². The lowest BCUT2D eigenvalue weighted by atomic mass is 10.1. The molecule has 0 unspecified atom stereocenters. The van der Waals surface area contributed by atoms with Crippen LogP contribution < -0.4 is 10.7 Å². The fourth-order valence-electron chi connectivity index (χ4n) is 3.13. The van der Waals surface area contributed by atoms with Gasteiger partial charge in [0.25, 0.3) is 17.5 Å². The summed E-state index contributed by atoms with van der Waals surface area (Å²) in [6.07, 6.45) is -0.167. The van der Waals surface area contributed by atoms with Gasteiger partial charge < -0.3 is 10.1 Å². The smallest absolute Gasteiger partial charge is 0.311 e. The summed E-state index contributed by atoms with van der Waals surface area (Å²) in [6.45, 7) is 1.06. The average molecular weight is 440 g/mol. The lowest BCUT2D eigenvalue weighted by Crippen LogP contribution is -2.43. The van der Waals surface area contributed by atoms with Crippen LogP contribution in [0.1, 0.15) is 22.3 Å². The largest absolute Gasteiger partial charge is 0.455 e. The molecule has 1 aliphatic heterocycles. The van der Waals surface area contributed by atoms with E-state index in [-0.39, 0.29) is 24.3 Å². The molecule has 1 heterocycles. The minimum absolute atomic E-state index is 0.0816. The summed E-state index contributed by atoms with van der Waals surface area (Å²) in [6, 6.07) is 12.2. The molecule has 0 spiro atoms. The fraction of sp³-hybridized carbons (Fsp3) is 0.238. The maximum absolute atomic E-state index is 12.4. The number of hydrazine groups is 1. The number of rotatable bonds is 7. The molecule has 11 nitrogen and oxygen atoms in total. The van der Waals surface area contributed by atoms with Gasteiger partial charge >= 0.3 is 5.97 Å². The molecule has 1 aliphatic rings. The summed E-state index contributed by atoms with van der Waals surface area (Å²) in [5.41, 5.74) is 3.61. The van der Waals surface area contributed by atoms with Crippen molar-refractivity contribution in [2.24, 2.45) is 5.92 Å². The number of nitro groups is 1. The molecule has 1 fully saturated rings. The number of nitrogens with one attached hydrogen (secondary N) is 2. The van der Waals surface area contributed by atoms with Crippen LogP contribution in [-0.4, -0.2) is 46.8 Å². The Hall–Kier alpha value is -4.28. The number of hydrogen-bond donors (Lipinski definition) is 2. The first kappa shape index (κ1) is 22.4. The summed E-state index contributed by atoms with van der Waals surface area (Å²) < 4.78 is 4.97. The lowest BCUT2D eigenvalue weighted by Gasteiger charge is -2.18. The van der Waals surface area contributed by atoms with Crippen LogP contribution in [-0.2, 0) is 19.1 Å². The van der Waals surface area contributed by atoms with Crippen molar-refractivity contribution in [3.8, 4) is 0 Å². The predicted octanol–water partition coefficient (Wildman–Crippen LogP) is 1.58. The van der Waals surface area contributed by atoms with Gasteiger partial charge in [0.2, 0.25) is 5.91 Å². The van der Waals surface area contributed by atoms with Crippen LogP contribution in [0.3, 0.4) is 0 Å². The molecule has 2 aromatic rings. The third kappa shape index (κ3) is 5.45. The molecule has 0 aromatic heterocycles. The third-order valence-corrected chi connectivity index (χ3v) is 4.77. The molecule has 1 atom stereocenters. The van der Waals surface area contributed by atoms with E-state index in [2.05, 4.69) is 10.7 Å². The van der Waals surface area contributed by atoms with Crippen molar-refractivity contribution in [1.82, 2.24) is 10.4 Å². The topological polar surface area (TPSA) is 148 Å². The highest BCUT2D eigenvalue weighted by molar-refractivity contribution is 5.98. The SMILES string of the molecule is Cc1ccccc1C(=O)NN1C[C@H](C(=O)OCC(=O)Nc2cccc([N+](=O)[O-])c2)CC1=O. The van der Waals surface area contributed by atoms with Gasteiger partial charge in [-0.1, -0.05) is 24.3 Å². The van der Waals surface area contributed by atoms with Gasteiger partial charge in [0.15, 0.2) is 6.61 Å². The molecule has 1 saturated heterocycles. The Balaban J connectivity index is 1.49. The fourth-order valence-corrected chi connectivity index (χ4v) is 3.13. The van der Waals surface area contributed by atoms with Gasteiger partial charge in [0, 0.05) is 29.8 Å². The van der Waals surface area contributed by atoms with Crippen molar-refractivity contribution in [2.75, 3.05) is 18.5 Å². The molecular formula is C21H20N4O7. The highest BCUT2D eigenvalue weighted by Gasteiger charge is 2.36. The Kier molecular flexibility index (Phi) is 6.78. The van der Waals surface area contributed by atoms with Crippen LogP contribution in [0.15, 0.2) is 48.5 Å². The third-order valence-electron chi connectivity index (χ3n) is 4.77. The summed E-state index contributed by atoms with van der Waals surface area (Å²) in [7, 11) is 0. The molecule has 2 aromatic carbocycles. The average Bonchev–Trinajstić information content (AvgIpc) is 3.12. The molecule has 3 rings (SSSR count). The molecule has 32 heavy (non-hydrogen) atoms. The number of carbonyl (C=O) groups is 4. The van der Waals surface area contributed by atoms with Gasteiger partial charge in [-0.05, 0) is 24.6 Å². The zero-order valence-corrected chi connectivity index (χ0v) is 17.1. The molecule has 166 valence electrons. The second-order valence-corrected chi connectivity index (χ2v) is 7.12. The van der Waals surface area contributed by atoms with E-state index >= 15 is 0 Å². The zero-order chi connectivity index (χ0) is 23.3. The highest BCUT2D eigenvalue weighted by atomic mass is 16.6. The molecule has 2 N–H and O–H groups in total. The van der Waals surface area contributed by atoms with Gasteiger partial charge in [-0.15, -0.1) is 0 Å². The van der Waals surface area contributed by atoms with E-state index < -0.39 is 41.1 Å². The van der Waals surface area contributed by atoms with Crippen LogP contribution in [0.25, 0.3) is 0 Å². The van der Waals surface area contributed by atoms with Gasteiger partial charge in [-0.25, -0.2) is 0 Å². The molecule has 3 amide bonds. The van der Waals surface area contributed by atoms with E-state index in [9.17, 15) is 29.3 Å². The summed E-state index contributed by atoms with van der Waals surface area (Å²) in [4.78, 5) is 59.0. The first-order valence-electron chi connectivity index (χ1n) is 9.62. The number of nitro benzene ring substituents is 1. The number of nitrogens with zero attached hydrogens (tertiary/aromatic N) is 2. The number of benzene rings is 2. The summed E-state index contributed by atoms with van der Waals surface area (Å²) >= 11 is 0. The van der Waals surface area contributed by atoms with E-state index in [4.69, 9.17) is 4.74 Å². The Morgan fingerprint density at radius 1 is 1.19 bits per heavy atom. The van der Waals surface area contributed by atoms with E-state index in [1.165, 1.54) is 24.3 Å². The van der Waals surface area contributed by atoms with E-state index in [1.54, 1.807) is 31.2 Å². The van der Waals surface area contributed by atoms with Crippen molar-refractivity contribution in [1.29, 1.82) is 0 Å². The van der Waals surface area contributed by atoms with Crippen molar-refractivity contribution in [2.45, 2.75) is 13.3 Å². The second-order valence-electron chi connectivity index (χ2n) is 7.12. The van der Waals surface area contributed by atoms with Crippen LogP contribution in [0.5, 0.6) is 0 Å². The van der Waals surface area contributed by atoms with Gasteiger partial charge in [-0.2, -0.15) is 0 Å². The van der Waals surface area contributed by atoms with Crippen LogP contribution in [0, 0.1) is 23.0 Å². The minimum Gasteiger partial charge on any atom is -0.455 e. The number of aryl methyl sites for hydroxylation is 1. The molecule has 0 saturated carbocycles.